The Labute approximate surface area is 245 Å². The van der Waals surface area contributed by atoms with Gasteiger partial charge in [-0.2, -0.15) is 0 Å². The zero-order valence-corrected chi connectivity index (χ0v) is 31.6. The Balaban J connectivity index is 1.98. The molecule has 0 nitrogen and oxygen atoms in total. The molecule has 0 aliphatic heterocycles. The van der Waals surface area contributed by atoms with Crippen molar-refractivity contribution < 1.29 is 0 Å². The Bertz CT molecular complexity index is 983. The molecule has 1 aromatic carbocycles. The minimum atomic E-state index is -2.12. The van der Waals surface area contributed by atoms with Gasteiger partial charge in [0, 0.05) is 0 Å². The molecular formula is C32H52S2Sn2. The summed E-state index contributed by atoms with van der Waals surface area (Å²) in [5, 5.41) is 3.34. The van der Waals surface area contributed by atoms with Crippen LogP contribution in [0.15, 0.2) is 12.1 Å². The summed E-state index contributed by atoms with van der Waals surface area (Å²) < 4.78 is 8.06. The average molecular weight is 738 g/mol. The van der Waals surface area contributed by atoms with Crippen molar-refractivity contribution in [1.82, 2.24) is 0 Å². The summed E-state index contributed by atoms with van der Waals surface area (Å²) in [6.07, 6.45) is 19.3. The quantitative estimate of drug-likeness (QED) is 0.0901. The second-order valence-corrected chi connectivity index (χ2v) is 33.9. The fraction of sp³-hybridized carbons (Fsp3) is 0.688. The fourth-order valence-corrected chi connectivity index (χ4v) is 16.0. The molecule has 0 saturated carbocycles. The number of thiophene rings is 2. The third-order valence-electron chi connectivity index (χ3n) is 7.56. The molecule has 2 aromatic heterocycles. The van der Waals surface area contributed by atoms with Crippen molar-refractivity contribution >= 4 is 85.3 Å². The van der Waals surface area contributed by atoms with Crippen LogP contribution < -0.4 is 2.89 Å². The van der Waals surface area contributed by atoms with Gasteiger partial charge in [-0.1, -0.05) is 0 Å². The number of unbranched alkanes of at least 4 members (excludes halogenated alkanes) is 10. The van der Waals surface area contributed by atoms with Gasteiger partial charge >= 0.3 is 248 Å². The van der Waals surface area contributed by atoms with Crippen LogP contribution >= 0.6 is 22.7 Å². The number of hydrogen-bond donors (Lipinski definition) is 0. The zero-order chi connectivity index (χ0) is 26.0. The topological polar surface area (TPSA) is 0 Å². The van der Waals surface area contributed by atoms with Crippen molar-refractivity contribution in [2.24, 2.45) is 0 Å². The van der Waals surface area contributed by atoms with Crippen LogP contribution in [0.5, 0.6) is 0 Å². The van der Waals surface area contributed by atoms with Gasteiger partial charge in [-0.25, -0.2) is 0 Å². The summed E-state index contributed by atoms with van der Waals surface area (Å²) in [7, 11) is 0. The molecule has 4 heteroatoms. The van der Waals surface area contributed by atoms with Gasteiger partial charge in [0.25, 0.3) is 0 Å². The first kappa shape index (κ1) is 31.3. The molecule has 200 valence electrons. The van der Waals surface area contributed by atoms with Crippen LogP contribution in [0.2, 0.25) is 19.3 Å². The van der Waals surface area contributed by atoms with Crippen molar-refractivity contribution in [2.45, 2.75) is 134 Å². The molecule has 0 spiro atoms. The van der Waals surface area contributed by atoms with E-state index >= 15 is 0 Å². The second kappa shape index (κ2) is 16.1. The molecule has 3 aromatic rings. The van der Waals surface area contributed by atoms with Gasteiger partial charge < -0.3 is 0 Å². The van der Waals surface area contributed by atoms with Crippen molar-refractivity contribution in [1.29, 1.82) is 0 Å². The van der Waals surface area contributed by atoms with E-state index in [0.29, 0.717) is 0 Å². The van der Waals surface area contributed by atoms with Crippen LogP contribution in [0, 0.1) is 0 Å². The predicted octanol–water partition coefficient (Wildman–Crippen LogP) is 11.1. The number of fused-ring (bicyclic) bond motifs is 2. The average Bonchev–Trinajstić information content (AvgIpc) is 3.48. The van der Waals surface area contributed by atoms with E-state index in [-0.39, 0.29) is 21.1 Å². The molecular weight excluding hydrogens is 686 g/mol. The molecule has 0 aliphatic rings. The van der Waals surface area contributed by atoms with Gasteiger partial charge in [0.05, 0.1) is 0 Å². The Morgan fingerprint density at radius 1 is 0.639 bits per heavy atom. The van der Waals surface area contributed by atoms with Crippen LogP contribution in [0.3, 0.4) is 0 Å². The standard InChI is InChI=1S/C27H38S2.C2H5.3CH3.2Sn/c1-4-6-8-10-12-14-16-22-24-18-19-28-26(24)23(17-15-13-11-9-7-5-2)25-20-21(3)29-27(22)25;1-2;;;;;/h18,20H,3-17H2,1-2H3;1H2,2H3;3*1H3;;. The van der Waals surface area contributed by atoms with Crippen LogP contribution in [-0.4, -0.2) is 39.5 Å². The van der Waals surface area contributed by atoms with Crippen molar-refractivity contribution in [3.8, 4) is 0 Å². The predicted molar refractivity (Wildman–Crippen MR) is 174 cm³/mol. The molecule has 2 radical (unpaired) electrons. The van der Waals surface area contributed by atoms with Crippen molar-refractivity contribution in [3.05, 3.63) is 28.1 Å². The van der Waals surface area contributed by atoms with E-state index in [9.17, 15) is 0 Å². The van der Waals surface area contributed by atoms with E-state index in [1.165, 1.54) is 98.8 Å². The SMILES string of the molecule is CCCCCCCCc1c2c[c]([Sn]([CH3])([CH3])[CH3])sc2c(CCCCCCCC)c2cc([CH2][Sn][CH2]C)sc12. The van der Waals surface area contributed by atoms with E-state index in [2.05, 4.69) is 70.4 Å². The Hall–Kier alpha value is 0.737. The minimum absolute atomic E-state index is 0.222. The van der Waals surface area contributed by atoms with Crippen LogP contribution in [0.1, 0.15) is 114 Å². The maximum atomic E-state index is 2.70. The van der Waals surface area contributed by atoms with E-state index in [1.54, 1.807) is 39.1 Å². The van der Waals surface area contributed by atoms with Gasteiger partial charge in [-0.15, -0.1) is 0 Å². The molecule has 36 heavy (non-hydrogen) atoms. The summed E-state index contributed by atoms with van der Waals surface area (Å²) in [5.74, 6) is 0. The van der Waals surface area contributed by atoms with Gasteiger partial charge in [0.2, 0.25) is 0 Å². The normalized spacial score (nSPS) is 12.4. The summed E-state index contributed by atoms with van der Waals surface area (Å²) in [6.45, 7) is 7.05. The molecule has 0 fully saturated rings. The third-order valence-corrected chi connectivity index (χ3v) is 23.3. The first-order valence-electron chi connectivity index (χ1n) is 15.1. The Morgan fingerprint density at radius 3 is 1.67 bits per heavy atom. The molecule has 2 heterocycles. The molecule has 0 N–H and O–H groups in total. The zero-order valence-electron chi connectivity index (χ0n) is 24.3. The fourth-order valence-electron chi connectivity index (χ4n) is 5.34. The Morgan fingerprint density at radius 2 is 1.14 bits per heavy atom. The second-order valence-electron chi connectivity index (χ2n) is 11.8. The van der Waals surface area contributed by atoms with Crippen molar-refractivity contribution in [3.63, 3.8) is 0 Å². The van der Waals surface area contributed by atoms with Crippen LogP contribution in [-0.2, 0) is 17.3 Å². The number of rotatable bonds is 18. The van der Waals surface area contributed by atoms with Gasteiger partial charge in [-0.05, 0) is 0 Å². The van der Waals surface area contributed by atoms with E-state index in [1.807, 2.05) is 0 Å². The third kappa shape index (κ3) is 8.88. The molecule has 0 amide bonds. The number of benzene rings is 1. The molecule has 0 aliphatic carbocycles. The monoisotopic (exact) mass is 740 g/mol. The molecule has 0 atom stereocenters. The molecule has 3 rings (SSSR count). The molecule has 0 unspecified atom stereocenters. The first-order valence-corrected chi connectivity index (χ1v) is 30.8. The summed E-state index contributed by atoms with van der Waals surface area (Å²) in [4.78, 5) is 9.53. The van der Waals surface area contributed by atoms with Crippen LogP contribution in [0.25, 0.3) is 20.2 Å². The first-order chi connectivity index (χ1) is 17.4. The molecule has 0 bridgehead atoms. The van der Waals surface area contributed by atoms with Crippen LogP contribution in [0.4, 0.5) is 0 Å². The van der Waals surface area contributed by atoms with E-state index < -0.39 is 18.4 Å². The van der Waals surface area contributed by atoms with Gasteiger partial charge in [-0.3, -0.25) is 0 Å². The van der Waals surface area contributed by atoms with Gasteiger partial charge in [0.15, 0.2) is 0 Å². The van der Waals surface area contributed by atoms with E-state index in [0.717, 1.165) is 0 Å². The number of hydrogen-bond acceptors (Lipinski definition) is 2. The van der Waals surface area contributed by atoms with E-state index in [4.69, 9.17) is 0 Å². The van der Waals surface area contributed by atoms with Crippen molar-refractivity contribution in [2.75, 3.05) is 0 Å². The summed E-state index contributed by atoms with van der Waals surface area (Å²) in [6, 6.07) is 5.38. The maximum absolute atomic E-state index is 2.70. The van der Waals surface area contributed by atoms with Gasteiger partial charge in [0.1, 0.15) is 0 Å². The molecule has 0 saturated heterocycles. The summed E-state index contributed by atoms with van der Waals surface area (Å²) >= 11 is 2.07. The number of aryl methyl sites for hydroxylation is 2. The Kier molecular flexibility index (Phi) is 14.0. The summed E-state index contributed by atoms with van der Waals surface area (Å²) in [5.41, 5.74) is 3.47.